The number of benzene rings is 1. The van der Waals surface area contributed by atoms with E-state index in [1.807, 2.05) is 24.3 Å². The largest absolute Gasteiger partial charge is 0.477 e. The molecule has 0 radical (unpaired) electrons. The molecule has 0 aliphatic rings. The minimum absolute atomic E-state index is 0.0833. The lowest BCUT2D eigenvalue weighted by molar-refractivity contribution is 0.0690. The maximum Gasteiger partial charge on any atom is 0.354 e. The predicted octanol–water partition coefficient (Wildman–Crippen LogP) is 2.50. The third kappa shape index (κ3) is 4.17. The number of hydrogen-bond acceptors (Lipinski definition) is 3. The molecule has 20 heavy (non-hydrogen) atoms. The van der Waals surface area contributed by atoms with E-state index in [0.717, 1.165) is 12.1 Å². The third-order valence-electron chi connectivity index (χ3n) is 3.04. The highest BCUT2D eigenvalue weighted by atomic mass is 16.4. The summed E-state index contributed by atoms with van der Waals surface area (Å²) in [6.07, 6.45) is 0.930. The van der Waals surface area contributed by atoms with E-state index in [4.69, 9.17) is 5.11 Å². The molecule has 2 N–H and O–H groups in total. The van der Waals surface area contributed by atoms with Crippen LogP contribution in [-0.2, 0) is 13.0 Å². The molecule has 4 heteroatoms. The molecule has 0 spiro atoms. The fourth-order valence-corrected chi connectivity index (χ4v) is 2.02. The quantitative estimate of drug-likeness (QED) is 0.846. The third-order valence-corrected chi connectivity index (χ3v) is 3.04. The van der Waals surface area contributed by atoms with Crippen LogP contribution in [0.2, 0.25) is 0 Å². The van der Waals surface area contributed by atoms with Gasteiger partial charge in [0.2, 0.25) is 0 Å². The highest BCUT2D eigenvalue weighted by Crippen LogP contribution is 2.04. The Bertz CT molecular complexity index is 570. The van der Waals surface area contributed by atoms with Crippen LogP contribution in [0.1, 0.15) is 28.7 Å². The van der Waals surface area contributed by atoms with Crippen LogP contribution in [0.15, 0.2) is 48.5 Å². The second-order valence-corrected chi connectivity index (χ2v) is 4.79. The number of aromatic carboxylic acids is 1. The van der Waals surface area contributed by atoms with Crippen molar-refractivity contribution in [2.45, 2.75) is 25.9 Å². The second-order valence-electron chi connectivity index (χ2n) is 4.79. The molecule has 1 aromatic heterocycles. The van der Waals surface area contributed by atoms with Crippen LogP contribution in [0.3, 0.4) is 0 Å². The van der Waals surface area contributed by atoms with E-state index in [0.29, 0.717) is 12.6 Å². The van der Waals surface area contributed by atoms with Crippen molar-refractivity contribution < 1.29 is 9.90 Å². The number of carboxylic acid groups (broad SMARTS) is 1. The van der Waals surface area contributed by atoms with Crippen LogP contribution in [0.4, 0.5) is 0 Å². The van der Waals surface area contributed by atoms with Crippen molar-refractivity contribution in [2.24, 2.45) is 0 Å². The average molecular weight is 270 g/mol. The van der Waals surface area contributed by atoms with E-state index in [1.165, 1.54) is 11.6 Å². The fourth-order valence-electron chi connectivity index (χ4n) is 2.02. The van der Waals surface area contributed by atoms with E-state index < -0.39 is 5.97 Å². The zero-order valence-electron chi connectivity index (χ0n) is 11.4. The first-order chi connectivity index (χ1) is 9.65. The minimum atomic E-state index is -0.996. The Morgan fingerprint density at radius 1 is 1.20 bits per heavy atom. The normalized spacial score (nSPS) is 12.1. The summed E-state index contributed by atoms with van der Waals surface area (Å²) in [6.45, 7) is 2.67. The zero-order valence-corrected chi connectivity index (χ0v) is 11.4. The highest BCUT2D eigenvalue weighted by molar-refractivity contribution is 5.85. The van der Waals surface area contributed by atoms with Crippen LogP contribution in [0, 0.1) is 0 Å². The van der Waals surface area contributed by atoms with Gasteiger partial charge in [-0.3, -0.25) is 0 Å². The van der Waals surface area contributed by atoms with Gasteiger partial charge in [-0.2, -0.15) is 0 Å². The van der Waals surface area contributed by atoms with Crippen LogP contribution in [0.25, 0.3) is 0 Å². The summed E-state index contributed by atoms with van der Waals surface area (Å²) in [7, 11) is 0. The van der Waals surface area contributed by atoms with E-state index in [9.17, 15) is 4.79 Å². The standard InChI is InChI=1S/C16H18N2O2/c1-12(10-13-6-3-2-4-7-13)17-11-14-8-5-9-15(18-14)16(19)20/h2-9,12,17H,10-11H2,1H3,(H,19,20). The Morgan fingerprint density at radius 3 is 2.65 bits per heavy atom. The monoisotopic (exact) mass is 270 g/mol. The summed E-state index contributed by atoms with van der Waals surface area (Å²) in [5, 5.41) is 12.3. The molecule has 1 unspecified atom stereocenters. The number of hydrogen-bond donors (Lipinski definition) is 2. The number of nitrogens with one attached hydrogen (secondary N) is 1. The van der Waals surface area contributed by atoms with E-state index in [1.54, 1.807) is 6.07 Å². The lowest BCUT2D eigenvalue weighted by Gasteiger charge is -2.13. The minimum Gasteiger partial charge on any atom is -0.477 e. The van der Waals surface area contributed by atoms with Crippen LogP contribution in [-0.4, -0.2) is 22.1 Å². The number of rotatable bonds is 6. The van der Waals surface area contributed by atoms with E-state index >= 15 is 0 Å². The molecule has 104 valence electrons. The van der Waals surface area contributed by atoms with Crippen molar-refractivity contribution in [1.29, 1.82) is 0 Å². The molecule has 2 rings (SSSR count). The number of carbonyl (C=O) groups is 1. The second kappa shape index (κ2) is 6.82. The molecule has 4 nitrogen and oxygen atoms in total. The summed E-state index contributed by atoms with van der Waals surface area (Å²) in [5.74, 6) is -0.996. The molecule has 1 atom stereocenters. The van der Waals surface area contributed by atoms with Crippen molar-refractivity contribution in [2.75, 3.05) is 0 Å². The van der Waals surface area contributed by atoms with Gasteiger partial charge >= 0.3 is 5.97 Å². The predicted molar refractivity (Wildman–Crippen MR) is 77.6 cm³/mol. The Kier molecular flexibility index (Phi) is 4.85. The summed E-state index contributed by atoms with van der Waals surface area (Å²) in [4.78, 5) is 14.9. The summed E-state index contributed by atoms with van der Waals surface area (Å²) < 4.78 is 0. The summed E-state index contributed by atoms with van der Waals surface area (Å²) in [5.41, 5.74) is 2.10. The maximum atomic E-state index is 10.8. The average Bonchev–Trinajstić information content (AvgIpc) is 2.46. The number of aromatic nitrogens is 1. The van der Waals surface area contributed by atoms with Crippen LogP contribution in [0.5, 0.6) is 0 Å². The van der Waals surface area contributed by atoms with Crippen molar-refractivity contribution in [3.8, 4) is 0 Å². The van der Waals surface area contributed by atoms with Crippen molar-refractivity contribution in [3.05, 3.63) is 65.5 Å². The van der Waals surface area contributed by atoms with Gasteiger partial charge in [0, 0.05) is 12.6 Å². The Hall–Kier alpha value is -2.20. The topological polar surface area (TPSA) is 62.2 Å². The molecular formula is C16H18N2O2. The van der Waals surface area contributed by atoms with Gasteiger partial charge in [-0.1, -0.05) is 36.4 Å². The Balaban J connectivity index is 1.88. The molecular weight excluding hydrogens is 252 g/mol. The van der Waals surface area contributed by atoms with Gasteiger partial charge in [0.05, 0.1) is 5.69 Å². The Labute approximate surface area is 118 Å². The van der Waals surface area contributed by atoms with Gasteiger partial charge in [-0.25, -0.2) is 9.78 Å². The molecule has 0 aliphatic carbocycles. The fraction of sp³-hybridized carbons (Fsp3) is 0.250. The molecule has 0 bridgehead atoms. The zero-order chi connectivity index (χ0) is 14.4. The number of carboxylic acids is 1. The van der Waals surface area contributed by atoms with Gasteiger partial charge in [0.15, 0.2) is 0 Å². The SMILES string of the molecule is CC(Cc1ccccc1)NCc1cccc(C(=O)O)n1. The maximum absolute atomic E-state index is 10.8. The van der Waals surface area contributed by atoms with Gasteiger partial charge in [0.1, 0.15) is 5.69 Å². The van der Waals surface area contributed by atoms with Gasteiger partial charge in [0.25, 0.3) is 0 Å². The molecule has 0 aliphatic heterocycles. The lowest BCUT2D eigenvalue weighted by Crippen LogP contribution is -2.28. The van der Waals surface area contributed by atoms with Crippen LogP contribution < -0.4 is 5.32 Å². The highest BCUT2D eigenvalue weighted by Gasteiger charge is 2.07. The van der Waals surface area contributed by atoms with Gasteiger partial charge in [-0.05, 0) is 31.0 Å². The molecule has 0 fully saturated rings. The van der Waals surface area contributed by atoms with E-state index in [2.05, 4.69) is 29.4 Å². The van der Waals surface area contributed by atoms with E-state index in [-0.39, 0.29) is 5.69 Å². The number of pyridine rings is 1. The first-order valence-corrected chi connectivity index (χ1v) is 6.61. The summed E-state index contributed by atoms with van der Waals surface area (Å²) in [6, 6.07) is 15.6. The smallest absolute Gasteiger partial charge is 0.354 e. The molecule has 1 heterocycles. The van der Waals surface area contributed by atoms with Gasteiger partial charge < -0.3 is 10.4 Å². The van der Waals surface area contributed by atoms with Gasteiger partial charge in [-0.15, -0.1) is 0 Å². The number of nitrogens with zero attached hydrogens (tertiary/aromatic N) is 1. The molecule has 2 aromatic rings. The first kappa shape index (κ1) is 14.2. The van der Waals surface area contributed by atoms with Crippen molar-refractivity contribution >= 4 is 5.97 Å². The molecule has 0 saturated heterocycles. The van der Waals surface area contributed by atoms with Crippen molar-refractivity contribution in [1.82, 2.24) is 10.3 Å². The van der Waals surface area contributed by atoms with Crippen LogP contribution >= 0.6 is 0 Å². The first-order valence-electron chi connectivity index (χ1n) is 6.61. The molecule has 0 saturated carbocycles. The summed E-state index contributed by atoms with van der Waals surface area (Å²) >= 11 is 0. The molecule has 0 amide bonds. The lowest BCUT2D eigenvalue weighted by atomic mass is 10.1. The Morgan fingerprint density at radius 2 is 1.95 bits per heavy atom. The molecule has 1 aromatic carbocycles. The van der Waals surface area contributed by atoms with Crippen molar-refractivity contribution in [3.63, 3.8) is 0 Å².